The van der Waals surface area contributed by atoms with Crippen LogP contribution in [0.15, 0.2) is 36.4 Å². The fraction of sp³-hybridized carbons (Fsp3) is 0.231. The van der Waals surface area contributed by atoms with Crippen molar-refractivity contribution in [2.24, 2.45) is 0 Å². The molecule has 14 heavy (non-hydrogen) atoms. The summed E-state index contributed by atoms with van der Waals surface area (Å²) in [4.78, 5) is 0. The summed E-state index contributed by atoms with van der Waals surface area (Å²) in [5, 5.41) is 11.4. The minimum absolute atomic E-state index is 0.220. The molecule has 2 aromatic carbocycles. The monoisotopic (exact) mass is 186 g/mol. The third-order valence-electron chi connectivity index (χ3n) is 2.46. The molecule has 0 spiro atoms. The van der Waals surface area contributed by atoms with Gasteiger partial charge in [-0.1, -0.05) is 42.0 Å². The number of aryl methyl sites for hydroxylation is 1. The highest BCUT2D eigenvalue weighted by Crippen LogP contribution is 2.17. The van der Waals surface area contributed by atoms with Crippen LogP contribution in [0.4, 0.5) is 0 Å². The molecule has 0 saturated carbocycles. The van der Waals surface area contributed by atoms with Crippen molar-refractivity contribution >= 4 is 10.8 Å². The van der Waals surface area contributed by atoms with E-state index in [4.69, 9.17) is 5.11 Å². The number of hydrogen-bond acceptors (Lipinski definition) is 1. The second-order valence-corrected chi connectivity index (χ2v) is 3.66. The molecule has 0 unspecified atom stereocenters. The largest absolute Gasteiger partial charge is 0.396 e. The van der Waals surface area contributed by atoms with E-state index < -0.39 is 0 Å². The zero-order chi connectivity index (χ0) is 9.97. The van der Waals surface area contributed by atoms with E-state index in [0.29, 0.717) is 0 Å². The predicted octanol–water partition coefficient (Wildman–Crippen LogP) is 2.68. The summed E-state index contributed by atoms with van der Waals surface area (Å²) in [5.74, 6) is 0. The summed E-state index contributed by atoms with van der Waals surface area (Å²) in [7, 11) is 0. The number of hydrogen-bond donors (Lipinski definition) is 1. The normalized spacial score (nSPS) is 10.7. The van der Waals surface area contributed by atoms with Gasteiger partial charge in [0.1, 0.15) is 0 Å². The Kier molecular flexibility index (Phi) is 2.51. The molecule has 0 saturated heterocycles. The average Bonchev–Trinajstić information content (AvgIpc) is 2.19. The van der Waals surface area contributed by atoms with Crippen molar-refractivity contribution in [3.8, 4) is 0 Å². The maximum atomic E-state index is 8.84. The van der Waals surface area contributed by atoms with Crippen molar-refractivity contribution in [1.29, 1.82) is 0 Å². The third kappa shape index (κ3) is 1.78. The minimum Gasteiger partial charge on any atom is -0.396 e. The van der Waals surface area contributed by atoms with Crippen LogP contribution in [0.25, 0.3) is 10.8 Å². The van der Waals surface area contributed by atoms with Crippen LogP contribution >= 0.6 is 0 Å². The first-order chi connectivity index (χ1) is 6.79. The van der Waals surface area contributed by atoms with Gasteiger partial charge in [-0.3, -0.25) is 0 Å². The van der Waals surface area contributed by atoms with Gasteiger partial charge in [-0.2, -0.15) is 0 Å². The molecule has 1 heteroatoms. The Balaban J connectivity index is 2.50. The number of aliphatic hydroxyl groups excluding tert-OH is 1. The summed E-state index contributed by atoms with van der Waals surface area (Å²) in [6.45, 7) is 2.32. The summed E-state index contributed by atoms with van der Waals surface area (Å²) >= 11 is 0. The quantitative estimate of drug-likeness (QED) is 0.764. The van der Waals surface area contributed by atoms with Crippen LogP contribution in [-0.4, -0.2) is 11.7 Å². The lowest BCUT2D eigenvalue weighted by molar-refractivity contribution is 0.299. The first-order valence-electron chi connectivity index (χ1n) is 4.90. The molecule has 0 aliphatic rings. The Morgan fingerprint density at radius 3 is 2.50 bits per heavy atom. The lowest BCUT2D eigenvalue weighted by atomic mass is 10.0. The van der Waals surface area contributed by atoms with E-state index in [0.717, 1.165) is 6.42 Å². The fourth-order valence-electron chi connectivity index (χ4n) is 1.70. The molecule has 0 amide bonds. The van der Waals surface area contributed by atoms with Crippen LogP contribution in [-0.2, 0) is 6.42 Å². The zero-order valence-electron chi connectivity index (χ0n) is 8.33. The van der Waals surface area contributed by atoms with Crippen LogP contribution in [0, 0.1) is 6.92 Å². The molecular formula is C13H14O. The molecule has 1 nitrogen and oxygen atoms in total. The lowest BCUT2D eigenvalue weighted by Crippen LogP contribution is -1.89. The Morgan fingerprint density at radius 1 is 1.00 bits per heavy atom. The summed E-state index contributed by atoms with van der Waals surface area (Å²) < 4.78 is 0. The van der Waals surface area contributed by atoms with E-state index in [1.54, 1.807) is 0 Å². The van der Waals surface area contributed by atoms with E-state index in [1.807, 2.05) is 0 Å². The number of aliphatic hydroxyl groups is 1. The van der Waals surface area contributed by atoms with Gasteiger partial charge >= 0.3 is 0 Å². The standard InChI is InChI=1S/C13H14O/c1-10-2-4-13-9-11(6-7-14)3-5-12(13)8-10/h2-5,8-9,14H,6-7H2,1H3. The predicted molar refractivity (Wildman–Crippen MR) is 59.5 cm³/mol. The van der Waals surface area contributed by atoms with Crippen LogP contribution in [0.2, 0.25) is 0 Å². The second kappa shape index (κ2) is 3.81. The van der Waals surface area contributed by atoms with Gasteiger partial charge in [0.15, 0.2) is 0 Å². The Labute approximate surface area is 84.0 Å². The molecule has 72 valence electrons. The smallest absolute Gasteiger partial charge is 0.0471 e. The van der Waals surface area contributed by atoms with Crippen LogP contribution < -0.4 is 0 Å². The highest BCUT2D eigenvalue weighted by molar-refractivity contribution is 5.83. The first-order valence-corrected chi connectivity index (χ1v) is 4.90. The topological polar surface area (TPSA) is 20.2 Å². The number of rotatable bonds is 2. The van der Waals surface area contributed by atoms with E-state index in [9.17, 15) is 0 Å². The van der Waals surface area contributed by atoms with Crippen molar-refractivity contribution in [1.82, 2.24) is 0 Å². The second-order valence-electron chi connectivity index (χ2n) is 3.66. The molecule has 0 fully saturated rings. The van der Waals surface area contributed by atoms with E-state index in [2.05, 4.69) is 43.3 Å². The van der Waals surface area contributed by atoms with Gasteiger partial charge in [0, 0.05) is 6.61 Å². The van der Waals surface area contributed by atoms with Gasteiger partial charge in [0.05, 0.1) is 0 Å². The highest BCUT2D eigenvalue weighted by atomic mass is 16.2. The van der Waals surface area contributed by atoms with Crippen molar-refractivity contribution < 1.29 is 5.11 Å². The summed E-state index contributed by atoms with van der Waals surface area (Å²) in [5.41, 5.74) is 2.48. The number of benzene rings is 2. The van der Waals surface area contributed by atoms with Crippen molar-refractivity contribution in [2.45, 2.75) is 13.3 Å². The van der Waals surface area contributed by atoms with Crippen molar-refractivity contribution in [3.63, 3.8) is 0 Å². The molecular weight excluding hydrogens is 172 g/mol. The first kappa shape index (κ1) is 9.22. The van der Waals surface area contributed by atoms with Gasteiger partial charge in [0.2, 0.25) is 0 Å². The van der Waals surface area contributed by atoms with Crippen LogP contribution in [0.5, 0.6) is 0 Å². The molecule has 2 aromatic rings. The van der Waals surface area contributed by atoms with Gasteiger partial charge in [0.25, 0.3) is 0 Å². The van der Waals surface area contributed by atoms with E-state index in [1.165, 1.54) is 21.9 Å². The molecule has 2 rings (SSSR count). The van der Waals surface area contributed by atoms with Gasteiger partial charge in [-0.15, -0.1) is 0 Å². The molecule has 0 aliphatic heterocycles. The number of fused-ring (bicyclic) bond motifs is 1. The molecule has 0 atom stereocenters. The molecule has 1 N–H and O–H groups in total. The maximum Gasteiger partial charge on any atom is 0.0471 e. The molecule has 0 bridgehead atoms. The van der Waals surface area contributed by atoms with E-state index >= 15 is 0 Å². The lowest BCUT2D eigenvalue weighted by Gasteiger charge is -2.02. The van der Waals surface area contributed by atoms with Crippen LogP contribution in [0.1, 0.15) is 11.1 Å². The summed E-state index contributed by atoms with van der Waals surface area (Å²) in [6.07, 6.45) is 0.740. The van der Waals surface area contributed by atoms with Crippen LogP contribution in [0.3, 0.4) is 0 Å². The van der Waals surface area contributed by atoms with Crippen molar-refractivity contribution in [3.05, 3.63) is 47.5 Å². The van der Waals surface area contributed by atoms with Gasteiger partial charge in [-0.05, 0) is 29.7 Å². The van der Waals surface area contributed by atoms with E-state index in [-0.39, 0.29) is 6.61 Å². The molecule has 0 heterocycles. The Hall–Kier alpha value is -1.34. The van der Waals surface area contributed by atoms with Crippen molar-refractivity contribution in [2.75, 3.05) is 6.61 Å². The Morgan fingerprint density at radius 2 is 1.71 bits per heavy atom. The highest BCUT2D eigenvalue weighted by Gasteiger charge is 1.96. The zero-order valence-corrected chi connectivity index (χ0v) is 8.33. The third-order valence-corrected chi connectivity index (χ3v) is 2.46. The minimum atomic E-state index is 0.220. The maximum absolute atomic E-state index is 8.84. The van der Waals surface area contributed by atoms with Gasteiger partial charge < -0.3 is 5.11 Å². The molecule has 0 aromatic heterocycles. The fourth-order valence-corrected chi connectivity index (χ4v) is 1.70. The average molecular weight is 186 g/mol. The molecule has 0 radical (unpaired) electrons. The summed E-state index contributed by atoms with van der Waals surface area (Å²) in [6, 6.07) is 12.8. The Bertz CT molecular complexity index is 446. The molecule has 0 aliphatic carbocycles. The SMILES string of the molecule is Cc1ccc2cc(CCO)ccc2c1. The van der Waals surface area contributed by atoms with Gasteiger partial charge in [-0.25, -0.2) is 0 Å².